The third kappa shape index (κ3) is 5.88. The first kappa shape index (κ1) is 20.5. The van der Waals surface area contributed by atoms with E-state index in [1.165, 1.54) is 10.5 Å². The molecule has 1 amide bonds. The Kier molecular flexibility index (Phi) is 8.19. The van der Waals surface area contributed by atoms with Crippen LogP contribution >= 0.6 is 0 Å². The third-order valence-electron chi connectivity index (χ3n) is 5.33. The molecule has 6 nitrogen and oxygen atoms in total. The van der Waals surface area contributed by atoms with Gasteiger partial charge in [0.25, 0.3) is 5.91 Å². The van der Waals surface area contributed by atoms with Crippen molar-refractivity contribution in [1.29, 1.82) is 0 Å². The fourth-order valence-corrected chi connectivity index (χ4v) is 3.59. The van der Waals surface area contributed by atoms with Crippen LogP contribution in [-0.4, -0.2) is 58.9 Å². The number of methoxy groups -OCH3 is 2. The summed E-state index contributed by atoms with van der Waals surface area (Å²) in [5, 5.41) is 3.15. The summed E-state index contributed by atoms with van der Waals surface area (Å²) in [7, 11) is 3.33. The van der Waals surface area contributed by atoms with Gasteiger partial charge in [0.2, 0.25) is 0 Å². The van der Waals surface area contributed by atoms with Crippen LogP contribution in [0.3, 0.4) is 0 Å². The van der Waals surface area contributed by atoms with Gasteiger partial charge in [-0.1, -0.05) is 13.8 Å². The van der Waals surface area contributed by atoms with Gasteiger partial charge in [-0.05, 0) is 31.0 Å². The molecule has 0 unspecified atom stereocenters. The Morgan fingerprint density at radius 2 is 1.65 bits per heavy atom. The van der Waals surface area contributed by atoms with E-state index in [-0.39, 0.29) is 5.91 Å². The molecule has 1 aliphatic rings. The highest BCUT2D eigenvalue weighted by Crippen LogP contribution is 2.27. The predicted molar refractivity (Wildman–Crippen MR) is 102 cm³/mol. The molecular formula is C20H35N3O3+2. The monoisotopic (exact) mass is 365 g/mol. The molecular weight excluding hydrogens is 330 g/mol. The number of carbonyl (C=O) groups is 1. The van der Waals surface area contributed by atoms with Gasteiger partial charge < -0.3 is 24.6 Å². The molecule has 26 heavy (non-hydrogen) atoms. The number of hydrogen-bond acceptors (Lipinski definition) is 3. The molecule has 0 spiro atoms. The summed E-state index contributed by atoms with van der Waals surface area (Å²) in [6, 6.07) is 6.46. The van der Waals surface area contributed by atoms with Crippen molar-refractivity contribution >= 4 is 5.91 Å². The van der Waals surface area contributed by atoms with Crippen molar-refractivity contribution in [2.75, 3.05) is 46.9 Å². The molecule has 0 saturated carbocycles. The quantitative estimate of drug-likeness (QED) is 0.542. The topological polar surface area (TPSA) is 56.4 Å². The summed E-state index contributed by atoms with van der Waals surface area (Å²) >= 11 is 0. The normalized spacial score (nSPS) is 20.0. The Bertz CT molecular complexity index is 567. The van der Waals surface area contributed by atoms with Crippen LogP contribution in [0.5, 0.6) is 11.5 Å². The van der Waals surface area contributed by atoms with E-state index in [9.17, 15) is 4.79 Å². The highest BCUT2D eigenvalue weighted by atomic mass is 16.5. The van der Waals surface area contributed by atoms with E-state index in [0.29, 0.717) is 12.6 Å². The number of hydrogen-bond donors (Lipinski definition) is 3. The van der Waals surface area contributed by atoms with Crippen LogP contribution in [0.15, 0.2) is 18.2 Å². The maximum atomic E-state index is 12.2. The SMILES string of the molecule is CCC(CC)NC(=O)C[NH+]1CC[NH+](Cc2ccc(OC)c(OC)c2)CC1. The van der Waals surface area contributed by atoms with Gasteiger partial charge in [0.05, 0.1) is 14.2 Å². The molecule has 1 heterocycles. The molecule has 1 aromatic carbocycles. The van der Waals surface area contributed by atoms with Gasteiger partial charge in [-0.2, -0.15) is 0 Å². The number of piperazine rings is 1. The molecule has 146 valence electrons. The Balaban J connectivity index is 1.79. The maximum Gasteiger partial charge on any atom is 0.275 e. The van der Waals surface area contributed by atoms with Crippen molar-refractivity contribution in [3.05, 3.63) is 23.8 Å². The van der Waals surface area contributed by atoms with Crippen LogP contribution in [0.25, 0.3) is 0 Å². The molecule has 1 aromatic rings. The Labute approximate surface area is 157 Å². The largest absolute Gasteiger partial charge is 0.493 e. The van der Waals surface area contributed by atoms with Crippen molar-refractivity contribution in [2.45, 2.75) is 39.3 Å². The van der Waals surface area contributed by atoms with E-state index in [1.807, 2.05) is 6.07 Å². The Hall–Kier alpha value is -1.79. The van der Waals surface area contributed by atoms with Crippen LogP contribution in [0, 0.1) is 0 Å². The first-order valence-electron chi connectivity index (χ1n) is 9.76. The Morgan fingerprint density at radius 1 is 1.04 bits per heavy atom. The lowest BCUT2D eigenvalue weighted by molar-refractivity contribution is -1.02. The smallest absolute Gasteiger partial charge is 0.275 e. The van der Waals surface area contributed by atoms with Gasteiger partial charge >= 0.3 is 0 Å². The molecule has 0 aromatic heterocycles. The number of carbonyl (C=O) groups excluding carboxylic acids is 1. The summed E-state index contributed by atoms with van der Waals surface area (Å²) in [5.41, 5.74) is 1.26. The van der Waals surface area contributed by atoms with Crippen LogP contribution in [-0.2, 0) is 11.3 Å². The third-order valence-corrected chi connectivity index (χ3v) is 5.33. The first-order chi connectivity index (χ1) is 12.6. The number of amides is 1. The second kappa shape index (κ2) is 10.4. The Morgan fingerprint density at radius 3 is 2.23 bits per heavy atom. The zero-order valence-corrected chi connectivity index (χ0v) is 16.7. The van der Waals surface area contributed by atoms with Gasteiger partial charge in [-0.15, -0.1) is 0 Å². The molecule has 1 aliphatic heterocycles. The fraction of sp³-hybridized carbons (Fsp3) is 0.650. The molecule has 0 bridgehead atoms. The van der Waals surface area contributed by atoms with E-state index in [1.54, 1.807) is 19.1 Å². The van der Waals surface area contributed by atoms with Crippen molar-refractivity contribution in [3.8, 4) is 11.5 Å². The van der Waals surface area contributed by atoms with E-state index in [2.05, 4.69) is 31.3 Å². The van der Waals surface area contributed by atoms with Gasteiger partial charge in [0, 0.05) is 11.6 Å². The number of quaternary nitrogens is 2. The minimum atomic E-state index is 0.192. The maximum absolute atomic E-state index is 12.2. The first-order valence-corrected chi connectivity index (χ1v) is 9.76. The molecule has 0 aliphatic carbocycles. The second-order valence-corrected chi connectivity index (χ2v) is 7.12. The molecule has 2 rings (SSSR count). The molecule has 0 atom stereocenters. The summed E-state index contributed by atoms with van der Waals surface area (Å²) in [4.78, 5) is 15.1. The van der Waals surface area contributed by atoms with E-state index >= 15 is 0 Å². The molecule has 1 saturated heterocycles. The van der Waals surface area contributed by atoms with Gasteiger partial charge in [0.1, 0.15) is 32.7 Å². The average Bonchev–Trinajstić information content (AvgIpc) is 2.67. The minimum absolute atomic E-state index is 0.192. The van der Waals surface area contributed by atoms with Gasteiger partial charge in [0.15, 0.2) is 18.0 Å². The van der Waals surface area contributed by atoms with Crippen LogP contribution < -0.4 is 24.6 Å². The molecule has 3 N–H and O–H groups in total. The van der Waals surface area contributed by atoms with Crippen molar-refractivity contribution in [2.24, 2.45) is 0 Å². The van der Waals surface area contributed by atoms with Crippen LogP contribution in [0.2, 0.25) is 0 Å². The fourth-order valence-electron chi connectivity index (χ4n) is 3.59. The van der Waals surface area contributed by atoms with Crippen LogP contribution in [0.4, 0.5) is 0 Å². The molecule has 1 fully saturated rings. The summed E-state index contributed by atoms with van der Waals surface area (Å²) in [6.45, 7) is 10.1. The van der Waals surface area contributed by atoms with E-state index in [4.69, 9.17) is 9.47 Å². The lowest BCUT2D eigenvalue weighted by atomic mass is 10.1. The summed E-state index contributed by atoms with van der Waals surface area (Å²) in [5.74, 6) is 1.74. The number of rotatable bonds is 9. The zero-order chi connectivity index (χ0) is 18.9. The van der Waals surface area contributed by atoms with Crippen molar-refractivity contribution in [3.63, 3.8) is 0 Å². The summed E-state index contributed by atoms with van der Waals surface area (Å²) < 4.78 is 10.7. The standard InChI is InChI=1S/C20H33N3O3/c1-5-17(6-2)21-20(24)15-23-11-9-22(10-12-23)14-16-7-8-18(25-3)19(13-16)26-4/h7-8,13,17H,5-6,9-12,14-15H2,1-4H3,(H,21,24)/p+2. The lowest BCUT2D eigenvalue weighted by Gasteiger charge is -2.29. The minimum Gasteiger partial charge on any atom is -0.493 e. The van der Waals surface area contributed by atoms with E-state index < -0.39 is 0 Å². The second-order valence-electron chi connectivity index (χ2n) is 7.12. The number of ether oxygens (including phenoxy) is 2. The zero-order valence-electron chi connectivity index (χ0n) is 16.7. The lowest BCUT2D eigenvalue weighted by Crippen LogP contribution is -3.28. The highest BCUT2D eigenvalue weighted by Gasteiger charge is 2.25. The predicted octanol–water partition coefficient (Wildman–Crippen LogP) is -0.708. The van der Waals surface area contributed by atoms with E-state index in [0.717, 1.165) is 57.1 Å². The molecule has 6 heteroatoms. The highest BCUT2D eigenvalue weighted by molar-refractivity contribution is 5.77. The average molecular weight is 366 g/mol. The molecule has 0 radical (unpaired) electrons. The van der Waals surface area contributed by atoms with Crippen molar-refractivity contribution < 1.29 is 24.1 Å². The number of nitrogens with one attached hydrogen (secondary N) is 3. The number of benzene rings is 1. The van der Waals surface area contributed by atoms with Crippen LogP contribution in [0.1, 0.15) is 32.3 Å². The van der Waals surface area contributed by atoms with Crippen molar-refractivity contribution in [1.82, 2.24) is 5.32 Å². The van der Waals surface area contributed by atoms with Gasteiger partial charge in [-0.3, -0.25) is 4.79 Å². The summed E-state index contributed by atoms with van der Waals surface area (Å²) in [6.07, 6.45) is 2.00. The van der Waals surface area contributed by atoms with Gasteiger partial charge in [-0.25, -0.2) is 0 Å².